The van der Waals surface area contributed by atoms with Crippen molar-refractivity contribution in [2.24, 2.45) is 5.41 Å². The minimum Gasteiger partial charge on any atom is -0.454 e. The van der Waals surface area contributed by atoms with Crippen LogP contribution in [0.3, 0.4) is 0 Å². The monoisotopic (exact) mass is 279 g/mol. The molecule has 0 radical (unpaired) electrons. The fourth-order valence-electron chi connectivity index (χ4n) is 2.22. The lowest BCUT2D eigenvalue weighted by Gasteiger charge is -2.11. The number of fused-ring (bicyclic) bond motifs is 1. The Bertz CT molecular complexity index is 499. The molecule has 1 aliphatic carbocycles. The first kappa shape index (κ1) is 12.7. The zero-order valence-electron chi connectivity index (χ0n) is 10.6. The number of amides is 1. The van der Waals surface area contributed by atoms with Gasteiger partial charge < -0.3 is 14.8 Å². The second-order valence-electron chi connectivity index (χ2n) is 5.30. The predicted octanol–water partition coefficient (Wildman–Crippen LogP) is 2.13. The van der Waals surface area contributed by atoms with Crippen LogP contribution in [0.25, 0.3) is 0 Å². The zero-order chi connectivity index (χ0) is 13.3. The van der Waals surface area contributed by atoms with Crippen molar-refractivity contribution in [1.82, 2.24) is 5.32 Å². The van der Waals surface area contributed by atoms with E-state index in [4.69, 9.17) is 9.47 Å². The predicted molar refractivity (Wildman–Crippen MR) is 74.5 cm³/mol. The van der Waals surface area contributed by atoms with E-state index >= 15 is 0 Å². The molecule has 1 heterocycles. The maximum atomic E-state index is 11.9. The van der Waals surface area contributed by atoms with Crippen LogP contribution in [0, 0.1) is 5.41 Å². The average Bonchev–Trinajstić information content (AvgIpc) is 3.03. The van der Waals surface area contributed by atoms with Crippen molar-refractivity contribution in [2.75, 3.05) is 12.5 Å². The largest absolute Gasteiger partial charge is 0.454 e. The Morgan fingerprint density at radius 2 is 2.11 bits per heavy atom. The van der Waals surface area contributed by atoms with E-state index in [9.17, 15) is 4.79 Å². The smallest absolute Gasteiger partial charge is 0.231 e. The van der Waals surface area contributed by atoms with Crippen molar-refractivity contribution >= 4 is 18.5 Å². The molecule has 0 aromatic heterocycles. The van der Waals surface area contributed by atoms with E-state index in [2.05, 4.69) is 17.9 Å². The molecule has 1 saturated carbocycles. The molecule has 1 fully saturated rings. The number of benzene rings is 1. The number of carbonyl (C=O) groups is 1. The fourth-order valence-corrected chi connectivity index (χ4v) is 2.65. The molecule has 19 heavy (non-hydrogen) atoms. The third-order valence-electron chi connectivity index (χ3n) is 3.75. The minimum atomic E-state index is 0.101. The van der Waals surface area contributed by atoms with E-state index < -0.39 is 0 Å². The number of carbonyl (C=O) groups excluding carboxylic acids is 1. The Morgan fingerprint density at radius 1 is 1.32 bits per heavy atom. The Morgan fingerprint density at radius 3 is 2.84 bits per heavy atom. The van der Waals surface area contributed by atoms with Gasteiger partial charge in [0, 0.05) is 13.0 Å². The second kappa shape index (κ2) is 4.96. The van der Waals surface area contributed by atoms with Gasteiger partial charge in [-0.2, -0.15) is 12.6 Å². The van der Waals surface area contributed by atoms with Crippen molar-refractivity contribution in [1.29, 1.82) is 0 Å². The van der Waals surface area contributed by atoms with E-state index in [0.29, 0.717) is 13.0 Å². The standard InChI is InChI=1S/C14H17NO3S/c16-13(6-14(8-19)3-4-14)15-7-10-1-2-11-12(5-10)18-9-17-11/h1-2,5,19H,3-4,6-9H2,(H,15,16). The molecule has 0 spiro atoms. The van der Waals surface area contributed by atoms with Gasteiger partial charge in [-0.3, -0.25) is 4.79 Å². The molecule has 1 aliphatic heterocycles. The summed E-state index contributed by atoms with van der Waals surface area (Å²) in [7, 11) is 0. The van der Waals surface area contributed by atoms with Crippen LogP contribution in [0.2, 0.25) is 0 Å². The average molecular weight is 279 g/mol. The number of ether oxygens (including phenoxy) is 2. The molecular weight excluding hydrogens is 262 g/mol. The summed E-state index contributed by atoms with van der Waals surface area (Å²) in [6, 6.07) is 5.73. The molecule has 1 aromatic carbocycles. The molecule has 0 unspecified atom stereocenters. The van der Waals surface area contributed by atoms with Crippen molar-refractivity contribution in [3.05, 3.63) is 23.8 Å². The highest BCUT2D eigenvalue weighted by molar-refractivity contribution is 7.80. The van der Waals surface area contributed by atoms with E-state index in [1.54, 1.807) is 0 Å². The SMILES string of the molecule is O=C(CC1(CS)CC1)NCc1ccc2c(c1)OCO2. The highest BCUT2D eigenvalue weighted by Gasteiger charge is 2.42. The molecule has 102 valence electrons. The van der Waals surface area contributed by atoms with E-state index in [1.807, 2.05) is 18.2 Å². The van der Waals surface area contributed by atoms with Gasteiger partial charge in [-0.25, -0.2) is 0 Å². The summed E-state index contributed by atoms with van der Waals surface area (Å²) in [5, 5.41) is 2.95. The number of thiol groups is 1. The van der Waals surface area contributed by atoms with Crippen LogP contribution in [0.15, 0.2) is 18.2 Å². The topological polar surface area (TPSA) is 47.6 Å². The Kier molecular flexibility index (Phi) is 3.31. The van der Waals surface area contributed by atoms with Gasteiger partial charge in [-0.05, 0) is 41.7 Å². The lowest BCUT2D eigenvalue weighted by molar-refractivity contribution is -0.122. The van der Waals surface area contributed by atoms with Crippen LogP contribution in [-0.2, 0) is 11.3 Å². The molecule has 0 atom stereocenters. The van der Waals surface area contributed by atoms with Crippen molar-refractivity contribution in [2.45, 2.75) is 25.8 Å². The van der Waals surface area contributed by atoms with Crippen LogP contribution < -0.4 is 14.8 Å². The second-order valence-corrected chi connectivity index (χ2v) is 5.62. The van der Waals surface area contributed by atoms with Crippen molar-refractivity contribution in [3.8, 4) is 11.5 Å². The molecule has 0 bridgehead atoms. The molecule has 5 heteroatoms. The normalized spacial score (nSPS) is 18.2. The van der Waals surface area contributed by atoms with Crippen molar-refractivity contribution in [3.63, 3.8) is 0 Å². The third kappa shape index (κ3) is 2.81. The highest BCUT2D eigenvalue weighted by atomic mass is 32.1. The summed E-state index contributed by atoms with van der Waals surface area (Å²) < 4.78 is 10.6. The fraction of sp³-hybridized carbons (Fsp3) is 0.500. The van der Waals surface area contributed by atoms with Gasteiger partial charge in [0.2, 0.25) is 12.7 Å². The van der Waals surface area contributed by atoms with Gasteiger partial charge in [-0.15, -0.1) is 0 Å². The summed E-state index contributed by atoms with van der Waals surface area (Å²) in [5.41, 5.74) is 1.19. The van der Waals surface area contributed by atoms with Crippen LogP contribution in [0.4, 0.5) is 0 Å². The van der Waals surface area contributed by atoms with Gasteiger partial charge in [0.15, 0.2) is 11.5 Å². The molecule has 1 N–H and O–H groups in total. The van der Waals surface area contributed by atoms with E-state index in [-0.39, 0.29) is 18.1 Å². The van der Waals surface area contributed by atoms with Crippen molar-refractivity contribution < 1.29 is 14.3 Å². The molecular formula is C14H17NO3S. The molecule has 1 amide bonds. The highest BCUT2D eigenvalue weighted by Crippen LogP contribution is 2.49. The van der Waals surface area contributed by atoms with Gasteiger partial charge in [-0.1, -0.05) is 6.07 Å². The number of nitrogens with one attached hydrogen (secondary N) is 1. The number of hydrogen-bond donors (Lipinski definition) is 2. The van der Waals surface area contributed by atoms with E-state index in [1.165, 1.54) is 0 Å². The van der Waals surface area contributed by atoms with Crippen LogP contribution in [-0.4, -0.2) is 18.5 Å². The van der Waals surface area contributed by atoms with Gasteiger partial charge in [0.05, 0.1) is 0 Å². The Hall–Kier alpha value is -1.36. The summed E-state index contributed by atoms with van der Waals surface area (Å²) >= 11 is 4.31. The maximum absolute atomic E-state index is 11.9. The summed E-state index contributed by atoms with van der Waals surface area (Å²) in [6.45, 7) is 0.799. The summed E-state index contributed by atoms with van der Waals surface area (Å²) in [5.74, 6) is 2.41. The quantitative estimate of drug-likeness (QED) is 0.812. The lowest BCUT2D eigenvalue weighted by Crippen LogP contribution is -2.26. The minimum absolute atomic E-state index is 0.101. The maximum Gasteiger partial charge on any atom is 0.231 e. The molecule has 1 aromatic rings. The van der Waals surface area contributed by atoms with E-state index in [0.717, 1.165) is 35.7 Å². The number of rotatable bonds is 5. The Labute approximate surface area is 117 Å². The first-order valence-electron chi connectivity index (χ1n) is 6.47. The van der Waals surface area contributed by atoms with Gasteiger partial charge in [0.1, 0.15) is 0 Å². The Balaban J connectivity index is 1.53. The van der Waals surface area contributed by atoms with Crippen LogP contribution >= 0.6 is 12.6 Å². The summed E-state index contributed by atoms with van der Waals surface area (Å²) in [4.78, 5) is 11.9. The first-order chi connectivity index (χ1) is 9.21. The molecule has 0 saturated heterocycles. The third-order valence-corrected chi connectivity index (χ3v) is 4.43. The zero-order valence-corrected chi connectivity index (χ0v) is 11.5. The van der Waals surface area contributed by atoms with Gasteiger partial charge in [0.25, 0.3) is 0 Å². The first-order valence-corrected chi connectivity index (χ1v) is 7.10. The number of hydrogen-bond acceptors (Lipinski definition) is 4. The lowest BCUT2D eigenvalue weighted by atomic mass is 10.1. The summed E-state index contributed by atoms with van der Waals surface area (Å²) in [6.07, 6.45) is 2.82. The molecule has 3 rings (SSSR count). The molecule has 2 aliphatic rings. The van der Waals surface area contributed by atoms with Crippen LogP contribution in [0.1, 0.15) is 24.8 Å². The molecule has 4 nitrogen and oxygen atoms in total. The van der Waals surface area contributed by atoms with Crippen LogP contribution in [0.5, 0.6) is 11.5 Å². The van der Waals surface area contributed by atoms with Gasteiger partial charge >= 0.3 is 0 Å².